The van der Waals surface area contributed by atoms with Gasteiger partial charge in [0.05, 0.1) is 0 Å². The molecule has 0 radical (unpaired) electrons. The molecule has 0 fully saturated rings. The summed E-state index contributed by atoms with van der Waals surface area (Å²) in [5.74, 6) is 0. The third kappa shape index (κ3) is 2.91. The van der Waals surface area contributed by atoms with Gasteiger partial charge in [0, 0.05) is 26.3 Å². The van der Waals surface area contributed by atoms with Crippen molar-refractivity contribution in [2.45, 2.75) is 4.90 Å². The zero-order valence-electron chi connectivity index (χ0n) is 9.14. The van der Waals surface area contributed by atoms with E-state index < -0.39 is 10.0 Å². The highest BCUT2D eigenvalue weighted by atomic mass is 35.5. The van der Waals surface area contributed by atoms with Gasteiger partial charge in [-0.15, -0.1) is 0 Å². The van der Waals surface area contributed by atoms with E-state index in [9.17, 15) is 8.42 Å². The van der Waals surface area contributed by atoms with Crippen LogP contribution in [0.1, 0.15) is 0 Å². The van der Waals surface area contributed by atoms with Crippen LogP contribution in [0.4, 0.5) is 0 Å². The highest BCUT2D eigenvalue weighted by Crippen LogP contribution is 2.20. The first-order chi connectivity index (χ1) is 7.50. The topological polar surface area (TPSA) is 62.3 Å². The van der Waals surface area contributed by atoms with Gasteiger partial charge in [0.2, 0.25) is 10.0 Å². The number of hydrogen-bond acceptors (Lipinski definition) is 4. The van der Waals surface area contributed by atoms with Crippen LogP contribution in [0, 0.1) is 0 Å². The standard InChI is InChI=1S/C9H14ClN3O2S/c1-11-6-7-13(2)16(14,15)8-4-3-5-12-9(8)10/h3-5,11H,6-7H2,1-2H3. The molecule has 0 saturated carbocycles. The van der Waals surface area contributed by atoms with Gasteiger partial charge in [0.25, 0.3) is 0 Å². The highest BCUT2D eigenvalue weighted by Gasteiger charge is 2.23. The number of halogens is 1. The van der Waals surface area contributed by atoms with Crippen LogP contribution in [0.5, 0.6) is 0 Å². The van der Waals surface area contributed by atoms with Crippen molar-refractivity contribution in [3.8, 4) is 0 Å². The van der Waals surface area contributed by atoms with Crippen molar-refractivity contribution in [3.63, 3.8) is 0 Å². The Labute approximate surface area is 100 Å². The molecule has 16 heavy (non-hydrogen) atoms. The van der Waals surface area contributed by atoms with E-state index in [4.69, 9.17) is 11.6 Å². The van der Waals surface area contributed by atoms with Crippen LogP contribution in [0.25, 0.3) is 0 Å². The van der Waals surface area contributed by atoms with Crippen molar-refractivity contribution in [1.29, 1.82) is 0 Å². The summed E-state index contributed by atoms with van der Waals surface area (Å²) in [4.78, 5) is 3.79. The normalized spacial score (nSPS) is 12.0. The minimum absolute atomic E-state index is 0.00110. The summed E-state index contributed by atoms with van der Waals surface area (Å²) in [5.41, 5.74) is 0. The maximum Gasteiger partial charge on any atom is 0.245 e. The predicted molar refractivity (Wildman–Crippen MR) is 63.0 cm³/mol. The van der Waals surface area contributed by atoms with E-state index >= 15 is 0 Å². The van der Waals surface area contributed by atoms with Crippen molar-refractivity contribution >= 4 is 21.6 Å². The highest BCUT2D eigenvalue weighted by molar-refractivity contribution is 7.89. The SMILES string of the molecule is CNCCN(C)S(=O)(=O)c1cccnc1Cl. The fourth-order valence-electron chi connectivity index (χ4n) is 1.12. The largest absolute Gasteiger partial charge is 0.318 e. The second-order valence-corrected chi connectivity index (χ2v) is 5.59. The van der Waals surface area contributed by atoms with Gasteiger partial charge in [-0.3, -0.25) is 0 Å². The Morgan fingerprint density at radius 1 is 1.56 bits per heavy atom. The minimum Gasteiger partial charge on any atom is -0.318 e. The number of nitrogens with one attached hydrogen (secondary N) is 1. The van der Waals surface area contributed by atoms with Crippen LogP contribution < -0.4 is 5.32 Å². The average molecular weight is 264 g/mol. The summed E-state index contributed by atoms with van der Waals surface area (Å²) < 4.78 is 25.3. The number of aromatic nitrogens is 1. The van der Waals surface area contributed by atoms with Crippen molar-refractivity contribution in [3.05, 3.63) is 23.5 Å². The van der Waals surface area contributed by atoms with E-state index in [2.05, 4.69) is 10.3 Å². The fraction of sp³-hybridized carbons (Fsp3) is 0.444. The van der Waals surface area contributed by atoms with Crippen LogP contribution in [-0.4, -0.2) is 44.9 Å². The first-order valence-electron chi connectivity index (χ1n) is 4.71. The maximum atomic E-state index is 12.0. The summed E-state index contributed by atoms with van der Waals surface area (Å²) in [7, 11) is -0.272. The molecule has 1 aromatic rings. The molecule has 0 unspecified atom stereocenters. The molecule has 90 valence electrons. The number of pyridine rings is 1. The Morgan fingerprint density at radius 3 is 2.81 bits per heavy atom. The zero-order valence-corrected chi connectivity index (χ0v) is 10.7. The van der Waals surface area contributed by atoms with Crippen molar-refractivity contribution in [2.75, 3.05) is 27.2 Å². The Morgan fingerprint density at radius 2 is 2.25 bits per heavy atom. The van der Waals surface area contributed by atoms with E-state index in [1.807, 2.05) is 0 Å². The number of hydrogen-bond donors (Lipinski definition) is 1. The molecule has 5 nitrogen and oxygen atoms in total. The van der Waals surface area contributed by atoms with Gasteiger partial charge in [-0.1, -0.05) is 11.6 Å². The minimum atomic E-state index is -3.54. The third-order valence-electron chi connectivity index (χ3n) is 2.09. The van der Waals surface area contributed by atoms with E-state index in [0.717, 1.165) is 0 Å². The Kier molecular flexibility index (Phi) is 4.67. The summed E-state index contributed by atoms with van der Waals surface area (Å²) in [6, 6.07) is 2.99. The molecule has 1 heterocycles. The summed E-state index contributed by atoms with van der Waals surface area (Å²) in [6.07, 6.45) is 1.45. The van der Waals surface area contributed by atoms with Gasteiger partial charge >= 0.3 is 0 Å². The van der Waals surface area contributed by atoms with Crippen molar-refractivity contribution in [1.82, 2.24) is 14.6 Å². The molecular weight excluding hydrogens is 250 g/mol. The van der Waals surface area contributed by atoms with Gasteiger partial charge in [-0.25, -0.2) is 13.4 Å². The number of nitrogens with zero attached hydrogens (tertiary/aromatic N) is 2. The second kappa shape index (κ2) is 5.58. The van der Waals surface area contributed by atoms with Gasteiger partial charge in [-0.2, -0.15) is 4.31 Å². The monoisotopic (exact) mass is 263 g/mol. The molecule has 0 atom stereocenters. The van der Waals surface area contributed by atoms with E-state index in [1.54, 1.807) is 13.1 Å². The molecule has 0 bridgehead atoms. The molecule has 0 aliphatic rings. The molecule has 1 N–H and O–H groups in total. The van der Waals surface area contributed by atoms with E-state index in [-0.39, 0.29) is 10.0 Å². The van der Waals surface area contributed by atoms with Crippen LogP contribution >= 0.6 is 11.6 Å². The number of rotatable bonds is 5. The second-order valence-electron chi connectivity index (χ2n) is 3.22. The maximum absolute atomic E-state index is 12.0. The molecule has 0 aromatic carbocycles. The molecule has 7 heteroatoms. The van der Waals surface area contributed by atoms with Gasteiger partial charge in [0.1, 0.15) is 10.0 Å². The molecule has 0 aliphatic heterocycles. The molecule has 0 aliphatic carbocycles. The number of likely N-dealkylation sites (N-methyl/N-ethyl adjacent to an activating group) is 2. The molecule has 1 aromatic heterocycles. The number of sulfonamides is 1. The van der Waals surface area contributed by atoms with Crippen LogP contribution in [0.2, 0.25) is 5.15 Å². The first kappa shape index (κ1) is 13.4. The molecular formula is C9H14ClN3O2S. The van der Waals surface area contributed by atoms with Crippen molar-refractivity contribution in [2.24, 2.45) is 0 Å². The molecule has 0 spiro atoms. The van der Waals surface area contributed by atoms with Gasteiger partial charge in [0.15, 0.2) is 0 Å². The third-order valence-corrected chi connectivity index (χ3v) is 4.39. The summed E-state index contributed by atoms with van der Waals surface area (Å²) in [6.45, 7) is 0.956. The van der Waals surface area contributed by atoms with Crippen LogP contribution in [0.15, 0.2) is 23.2 Å². The summed E-state index contributed by atoms with van der Waals surface area (Å²) >= 11 is 5.75. The lowest BCUT2D eigenvalue weighted by atomic mass is 10.5. The fourth-order valence-corrected chi connectivity index (χ4v) is 2.72. The van der Waals surface area contributed by atoms with Gasteiger partial charge in [-0.05, 0) is 19.2 Å². The van der Waals surface area contributed by atoms with E-state index in [0.29, 0.717) is 13.1 Å². The average Bonchev–Trinajstić information content (AvgIpc) is 2.26. The van der Waals surface area contributed by atoms with Gasteiger partial charge < -0.3 is 5.32 Å². The molecule has 0 amide bonds. The van der Waals surface area contributed by atoms with E-state index in [1.165, 1.54) is 23.6 Å². The lowest BCUT2D eigenvalue weighted by molar-refractivity contribution is 0.466. The van der Waals surface area contributed by atoms with Crippen LogP contribution in [-0.2, 0) is 10.0 Å². The quantitative estimate of drug-likeness (QED) is 0.790. The zero-order chi connectivity index (χ0) is 12.2. The predicted octanol–water partition coefficient (Wildman–Crippen LogP) is 0.575. The van der Waals surface area contributed by atoms with Crippen LogP contribution in [0.3, 0.4) is 0 Å². The Hall–Kier alpha value is -0.690. The van der Waals surface area contributed by atoms with Crippen molar-refractivity contribution < 1.29 is 8.42 Å². The Bertz CT molecular complexity index is 450. The summed E-state index contributed by atoms with van der Waals surface area (Å²) in [5, 5.41) is 2.88. The first-order valence-corrected chi connectivity index (χ1v) is 6.53. The molecule has 0 saturated heterocycles. The lowest BCUT2D eigenvalue weighted by Gasteiger charge is -2.17. The lowest BCUT2D eigenvalue weighted by Crippen LogP contribution is -2.33. The smallest absolute Gasteiger partial charge is 0.245 e. The Balaban J connectivity index is 2.98. The molecule has 1 rings (SSSR count).